The molecule has 22 heavy (non-hydrogen) atoms. The standard InChI is InChI=1S/C16H19N5O/c1-10-8-15(19-12-6-7-12)21-16(17-10)20-14-5-3-4-13(9-14)18-11(2)22/h3-5,8-9,12H,6-7H2,1-2H3,(H,18,22)(H2,17,19,20,21). The van der Waals surface area contributed by atoms with E-state index in [1.165, 1.54) is 19.8 Å². The monoisotopic (exact) mass is 297 g/mol. The van der Waals surface area contributed by atoms with E-state index in [0.29, 0.717) is 12.0 Å². The molecule has 1 amide bonds. The average Bonchev–Trinajstić information content (AvgIpc) is 3.21. The Morgan fingerprint density at radius 2 is 1.95 bits per heavy atom. The smallest absolute Gasteiger partial charge is 0.229 e. The third-order valence-electron chi connectivity index (χ3n) is 3.22. The Balaban J connectivity index is 1.77. The molecule has 1 fully saturated rings. The lowest BCUT2D eigenvalue weighted by atomic mass is 10.2. The molecular weight excluding hydrogens is 278 g/mol. The van der Waals surface area contributed by atoms with Crippen LogP contribution < -0.4 is 16.0 Å². The predicted molar refractivity (Wildman–Crippen MR) is 87.4 cm³/mol. The molecule has 0 bridgehead atoms. The Morgan fingerprint density at radius 1 is 1.18 bits per heavy atom. The summed E-state index contributed by atoms with van der Waals surface area (Å²) in [7, 11) is 0. The highest BCUT2D eigenvalue weighted by Gasteiger charge is 2.21. The summed E-state index contributed by atoms with van der Waals surface area (Å²) in [5.74, 6) is 1.29. The molecule has 6 nitrogen and oxygen atoms in total. The molecule has 0 spiro atoms. The second-order valence-electron chi connectivity index (χ2n) is 5.52. The van der Waals surface area contributed by atoms with Crippen LogP contribution in [0.25, 0.3) is 0 Å². The van der Waals surface area contributed by atoms with Crippen molar-refractivity contribution >= 4 is 29.0 Å². The van der Waals surface area contributed by atoms with E-state index in [4.69, 9.17) is 0 Å². The van der Waals surface area contributed by atoms with Gasteiger partial charge in [0, 0.05) is 36.1 Å². The van der Waals surface area contributed by atoms with E-state index < -0.39 is 0 Å². The van der Waals surface area contributed by atoms with Gasteiger partial charge in [-0.25, -0.2) is 4.98 Å². The summed E-state index contributed by atoms with van der Waals surface area (Å²) >= 11 is 0. The van der Waals surface area contributed by atoms with Crippen LogP contribution in [0, 0.1) is 6.92 Å². The Hall–Kier alpha value is -2.63. The molecule has 1 aromatic heterocycles. The van der Waals surface area contributed by atoms with Gasteiger partial charge in [0.15, 0.2) is 0 Å². The van der Waals surface area contributed by atoms with E-state index in [9.17, 15) is 4.79 Å². The molecule has 1 aliphatic carbocycles. The van der Waals surface area contributed by atoms with Crippen molar-refractivity contribution in [2.75, 3.05) is 16.0 Å². The molecule has 0 radical (unpaired) electrons. The average molecular weight is 297 g/mol. The maximum Gasteiger partial charge on any atom is 0.229 e. The molecular formula is C16H19N5O. The van der Waals surface area contributed by atoms with Crippen molar-refractivity contribution in [2.24, 2.45) is 0 Å². The maximum atomic E-state index is 11.1. The van der Waals surface area contributed by atoms with Crippen LogP contribution in [0.1, 0.15) is 25.5 Å². The molecule has 1 saturated carbocycles. The van der Waals surface area contributed by atoms with Crippen LogP contribution in [0.4, 0.5) is 23.1 Å². The molecule has 1 heterocycles. The first kappa shape index (κ1) is 14.3. The summed E-state index contributed by atoms with van der Waals surface area (Å²) in [5.41, 5.74) is 2.47. The van der Waals surface area contributed by atoms with Gasteiger partial charge in [-0.1, -0.05) is 6.07 Å². The number of rotatable bonds is 5. The first-order chi connectivity index (χ1) is 10.6. The van der Waals surface area contributed by atoms with Crippen molar-refractivity contribution < 1.29 is 4.79 Å². The molecule has 0 aliphatic heterocycles. The molecule has 1 aromatic carbocycles. The van der Waals surface area contributed by atoms with Crippen LogP contribution in [-0.2, 0) is 4.79 Å². The summed E-state index contributed by atoms with van der Waals surface area (Å²) in [6.07, 6.45) is 2.40. The minimum Gasteiger partial charge on any atom is -0.367 e. The van der Waals surface area contributed by atoms with Gasteiger partial charge in [0.1, 0.15) is 5.82 Å². The number of carbonyl (C=O) groups excluding carboxylic acids is 1. The van der Waals surface area contributed by atoms with E-state index in [0.717, 1.165) is 22.9 Å². The number of anilines is 4. The molecule has 0 saturated heterocycles. The molecule has 2 aromatic rings. The molecule has 6 heteroatoms. The molecule has 3 N–H and O–H groups in total. The quantitative estimate of drug-likeness (QED) is 0.790. The van der Waals surface area contributed by atoms with Gasteiger partial charge in [-0.3, -0.25) is 4.79 Å². The number of hydrogen-bond donors (Lipinski definition) is 3. The fraction of sp³-hybridized carbons (Fsp3) is 0.312. The summed E-state index contributed by atoms with van der Waals surface area (Å²) in [6, 6.07) is 9.95. The highest BCUT2D eigenvalue weighted by molar-refractivity contribution is 5.89. The first-order valence-corrected chi connectivity index (χ1v) is 7.35. The van der Waals surface area contributed by atoms with Crippen LogP contribution in [0.3, 0.4) is 0 Å². The van der Waals surface area contributed by atoms with Crippen molar-refractivity contribution in [2.45, 2.75) is 32.7 Å². The van der Waals surface area contributed by atoms with E-state index in [1.54, 1.807) is 0 Å². The zero-order chi connectivity index (χ0) is 15.5. The fourth-order valence-electron chi connectivity index (χ4n) is 2.14. The highest BCUT2D eigenvalue weighted by Crippen LogP contribution is 2.25. The van der Waals surface area contributed by atoms with Gasteiger partial charge in [-0.05, 0) is 38.0 Å². The first-order valence-electron chi connectivity index (χ1n) is 7.35. The molecule has 1 aliphatic rings. The van der Waals surface area contributed by atoms with E-state index in [2.05, 4.69) is 25.9 Å². The summed E-state index contributed by atoms with van der Waals surface area (Å²) in [4.78, 5) is 20.0. The minimum atomic E-state index is -0.0973. The third-order valence-corrected chi connectivity index (χ3v) is 3.22. The van der Waals surface area contributed by atoms with Gasteiger partial charge in [-0.2, -0.15) is 4.98 Å². The van der Waals surface area contributed by atoms with Crippen molar-refractivity contribution in [3.63, 3.8) is 0 Å². The zero-order valence-electron chi connectivity index (χ0n) is 12.7. The lowest BCUT2D eigenvalue weighted by Gasteiger charge is -2.10. The normalized spacial score (nSPS) is 13.5. The third kappa shape index (κ3) is 3.94. The molecule has 114 valence electrons. The predicted octanol–water partition coefficient (Wildman–Crippen LogP) is 3.06. The number of aromatic nitrogens is 2. The number of aryl methyl sites for hydroxylation is 1. The largest absolute Gasteiger partial charge is 0.367 e. The van der Waals surface area contributed by atoms with Crippen molar-refractivity contribution in [1.29, 1.82) is 0 Å². The number of nitrogens with zero attached hydrogens (tertiary/aromatic N) is 2. The van der Waals surface area contributed by atoms with Crippen molar-refractivity contribution in [3.05, 3.63) is 36.0 Å². The van der Waals surface area contributed by atoms with Crippen LogP contribution >= 0.6 is 0 Å². The van der Waals surface area contributed by atoms with Gasteiger partial charge >= 0.3 is 0 Å². The van der Waals surface area contributed by atoms with Crippen LogP contribution in [-0.4, -0.2) is 21.9 Å². The lowest BCUT2D eigenvalue weighted by Crippen LogP contribution is -2.07. The Morgan fingerprint density at radius 3 is 2.68 bits per heavy atom. The second kappa shape index (κ2) is 6.01. The number of amides is 1. The van der Waals surface area contributed by atoms with Gasteiger partial charge in [0.05, 0.1) is 0 Å². The number of hydrogen-bond acceptors (Lipinski definition) is 5. The van der Waals surface area contributed by atoms with Crippen LogP contribution in [0.2, 0.25) is 0 Å². The number of benzene rings is 1. The van der Waals surface area contributed by atoms with Crippen LogP contribution in [0.15, 0.2) is 30.3 Å². The Kier molecular flexibility index (Phi) is 3.91. The lowest BCUT2D eigenvalue weighted by molar-refractivity contribution is -0.114. The van der Waals surface area contributed by atoms with Crippen molar-refractivity contribution in [3.8, 4) is 0 Å². The summed E-state index contributed by atoms with van der Waals surface area (Å²) in [6.45, 7) is 3.43. The van der Waals surface area contributed by atoms with Gasteiger partial charge in [-0.15, -0.1) is 0 Å². The summed E-state index contributed by atoms with van der Waals surface area (Å²) < 4.78 is 0. The van der Waals surface area contributed by atoms with Gasteiger partial charge in [0.2, 0.25) is 11.9 Å². The fourth-order valence-corrected chi connectivity index (χ4v) is 2.14. The van der Waals surface area contributed by atoms with Crippen molar-refractivity contribution in [1.82, 2.24) is 9.97 Å². The molecule has 0 unspecified atom stereocenters. The zero-order valence-corrected chi connectivity index (χ0v) is 12.7. The topological polar surface area (TPSA) is 78.9 Å². The SMILES string of the molecule is CC(=O)Nc1cccc(Nc2nc(C)cc(NC3CC3)n2)c1. The Labute approximate surface area is 129 Å². The minimum absolute atomic E-state index is 0.0973. The number of nitrogens with one attached hydrogen (secondary N) is 3. The number of carbonyl (C=O) groups is 1. The van der Waals surface area contributed by atoms with Gasteiger partial charge in [0.25, 0.3) is 0 Å². The van der Waals surface area contributed by atoms with Crippen LogP contribution in [0.5, 0.6) is 0 Å². The highest BCUT2D eigenvalue weighted by atomic mass is 16.1. The molecule has 3 rings (SSSR count). The molecule has 0 atom stereocenters. The van der Waals surface area contributed by atoms with E-state index in [1.807, 2.05) is 37.3 Å². The summed E-state index contributed by atoms with van der Waals surface area (Å²) in [5, 5.41) is 9.31. The Bertz CT molecular complexity index is 697. The van der Waals surface area contributed by atoms with Gasteiger partial charge < -0.3 is 16.0 Å². The second-order valence-corrected chi connectivity index (χ2v) is 5.52. The van der Waals surface area contributed by atoms with E-state index >= 15 is 0 Å². The maximum absolute atomic E-state index is 11.1. The van der Waals surface area contributed by atoms with E-state index in [-0.39, 0.29) is 5.91 Å².